The molecule has 3 heterocycles. The molecule has 0 aromatic carbocycles. The molecule has 0 aliphatic carbocycles. The highest BCUT2D eigenvalue weighted by molar-refractivity contribution is 5.76. The first-order valence-corrected chi connectivity index (χ1v) is 37.5. The average Bonchev–Trinajstić information content (AvgIpc) is 0.788. The number of ether oxygens (including phenoxy) is 6. The SMILES string of the molecule is CC/C=C\C/C=C\C/C=C\C/C=C\C/C=C\C/C=C\CCCCCCC(=O)NC(COC1OC(CO)C(OC2OC(CO)C(OC3OC(CO)C(O)C(O)C3O)C(O)C2O)C(O)C1O)C(O)/C=C/CC/C=C/CCCCCCCCCCCCCCCCCCCCCCCC. The molecule has 0 aromatic heterocycles. The van der Waals surface area contributed by atoms with Gasteiger partial charge in [0.1, 0.15) is 73.2 Å². The second-order valence-electron chi connectivity index (χ2n) is 26.4. The summed E-state index contributed by atoms with van der Waals surface area (Å²) in [5.41, 5.74) is 0. The number of hydrogen-bond donors (Lipinski definition) is 12. The molecular weight excluding hydrogens is 1230 g/mol. The molecule has 1 amide bonds. The number of rotatable bonds is 57. The number of hydrogen-bond acceptors (Lipinski definition) is 18. The van der Waals surface area contributed by atoms with E-state index in [1.807, 2.05) is 6.08 Å². The monoisotopic (exact) mass is 1360 g/mol. The van der Waals surface area contributed by atoms with Crippen LogP contribution in [0.15, 0.2) is 97.2 Å². The molecule has 19 nitrogen and oxygen atoms in total. The molecule has 17 unspecified atom stereocenters. The van der Waals surface area contributed by atoms with Crippen LogP contribution in [0.5, 0.6) is 0 Å². The summed E-state index contributed by atoms with van der Waals surface area (Å²) in [4.78, 5) is 13.4. The Labute approximate surface area is 577 Å². The van der Waals surface area contributed by atoms with E-state index < -0.39 is 124 Å². The molecule has 3 aliphatic heterocycles. The Morgan fingerprint density at radius 2 is 0.729 bits per heavy atom. The summed E-state index contributed by atoms with van der Waals surface area (Å²) in [5, 5.41) is 121. The van der Waals surface area contributed by atoms with E-state index in [0.29, 0.717) is 12.8 Å². The first kappa shape index (κ1) is 86.9. The summed E-state index contributed by atoms with van der Waals surface area (Å²) in [6, 6.07) is -1.01. The highest BCUT2D eigenvalue weighted by Gasteiger charge is 2.53. The van der Waals surface area contributed by atoms with Crippen molar-refractivity contribution in [2.45, 2.75) is 356 Å². The molecule has 0 bridgehead atoms. The van der Waals surface area contributed by atoms with E-state index >= 15 is 0 Å². The summed E-state index contributed by atoms with van der Waals surface area (Å²) >= 11 is 0. The van der Waals surface area contributed by atoms with E-state index in [0.717, 1.165) is 83.5 Å². The van der Waals surface area contributed by atoms with Crippen LogP contribution in [-0.2, 0) is 33.2 Å². The van der Waals surface area contributed by atoms with Crippen LogP contribution in [-0.4, -0.2) is 193 Å². The fraction of sp³-hybridized carbons (Fsp3) is 0.779. The normalized spacial score (nSPS) is 27.6. The Bertz CT molecular complexity index is 2110. The largest absolute Gasteiger partial charge is 0.394 e. The van der Waals surface area contributed by atoms with Crippen molar-refractivity contribution in [2.75, 3.05) is 26.4 Å². The molecule has 554 valence electrons. The summed E-state index contributed by atoms with van der Waals surface area (Å²) in [6.45, 7) is 1.59. The topological polar surface area (TPSA) is 307 Å². The first-order chi connectivity index (χ1) is 46.8. The van der Waals surface area contributed by atoms with Crippen molar-refractivity contribution in [2.24, 2.45) is 0 Å². The Hall–Kier alpha value is -3.29. The lowest BCUT2D eigenvalue weighted by molar-refractivity contribution is -0.379. The minimum absolute atomic E-state index is 0.200. The molecule has 12 N–H and O–H groups in total. The third kappa shape index (κ3) is 37.9. The minimum Gasteiger partial charge on any atom is -0.394 e. The Morgan fingerprint density at radius 3 is 1.17 bits per heavy atom. The lowest BCUT2D eigenvalue weighted by Crippen LogP contribution is -2.66. The second kappa shape index (κ2) is 57.3. The number of carbonyl (C=O) groups excluding carboxylic acids is 1. The zero-order valence-electron chi connectivity index (χ0n) is 58.8. The van der Waals surface area contributed by atoms with Gasteiger partial charge in [-0.3, -0.25) is 4.79 Å². The van der Waals surface area contributed by atoms with Gasteiger partial charge in [-0.05, 0) is 83.5 Å². The number of allylic oxidation sites excluding steroid dienone is 15. The molecule has 3 aliphatic rings. The Kier molecular flexibility index (Phi) is 51.9. The predicted molar refractivity (Wildman–Crippen MR) is 378 cm³/mol. The van der Waals surface area contributed by atoms with Gasteiger partial charge in [-0.1, -0.05) is 259 Å². The van der Waals surface area contributed by atoms with Crippen molar-refractivity contribution >= 4 is 5.91 Å². The van der Waals surface area contributed by atoms with Gasteiger partial charge in [-0.25, -0.2) is 0 Å². The van der Waals surface area contributed by atoms with Crippen LogP contribution in [0, 0.1) is 0 Å². The Morgan fingerprint density at radius 1 is 0.385 bits per heavy atom. The van der Waals surface area contributed by atoms with Crippen LogP contribution >= 0.6 is 0 Å². The van der Waals surface area contributed by atoms with Gasteiger partial charge in [-0.2, -0.15) is 0 Å². The molecule has 3 fully saturated rings. The fourth-order valence-corrected chi connectivity index (χ4v) is 12.1. The number of nitrogens with one attached hydrogen (secondary N) is 1. The van der Waals surface area contributed by atoms with Crippen LogP contribution < -0.4 is 5.32 Å². The van der Waals surface area contributed by atoms with E-state index in [4.69, 9.17) is 28.4 Å². The molecule has 19 heteroatoms. The summed E-state index contributed by atoms with van der Waals surface area (Å²) < 4.78 is 34.4. The summed E-state index contributed by atoms with van der Waals surface area (Å²) in [6.07, 6.45) is 49.6. The van der Waals surface area contributed by atoms with Gasteiger partial charge < -0.3 is 89.9 Å². The highest BCUT2D eigenvalue weighted by Crippen LogP contribution is 2.33. The van der Waals surface area contributed by atoms with Gasteiger partial charge in [0, 0.05) is 6.42 Å². The fourth-order valence-electron chi connectivity index (χ4n) is 12.1. The maximum absolute atomic E-state index is 13.4. The van der Waals surface area contributed by atoms with E-state index in [1.54, 1.807) is 6.08 Å². The minimum atomic E-state index is -1.99. The zero-order chi connectivity index (χ0) is 69.6. The van der Waals surface area contributed by atoms with E-state index in [-0.39, 0.29) is 18.9 Å². The smallest absolute Gasteiger partial charge is 0.220 e. The molecular formula is C77H133NO18. The average molecular weight is 1360 g/mol. The van der Waals surface area contributed by atoms with Crippen molar-refractivity contribution in [3.05, 3.63) is 97.2 Å². The van der Waals surface area contributed by atoms with Gasteiger partial charge >= 0.3 is 0 Å². The van der Waals surface area contributed by atoms with Crippen molar-refractivity contribution in [1.29, 1.82) is 0 Å². The van der Waals surface area contributed by atoms with Gasteiger partial charge in [0.15, 0.2) is 18.9 Å². The van der Waals surface area contributed by atoms with E-state index in [1.165, 1.54) is 135 Å². The summed E-state index contributed by atoms with van der Waals surface area (Å²) in [7, 11) is 0. The van der Waals surface area contributed by atoms with Crippen LogP contribution in [0.1, 0.15) is 251 Å². The van der Waals surface area contributed by atoms with E-state index in [9.17, 15) is 61.0 Å². The molecule has 17 atom stereocenters. The molecule has 0 spiro atoms. The lowest BCUT2D eigenvalue weighted by Gasteiger charge is -2.48. The van der Waals surface area contributed by atoms with Crippen LogP contribution in [0.3, 0.4) is 0 Å². The van der Waals surface area contributed by atoms with Crippen LogP contribution in [0.4, 0.5) is 0 Å². The van der Waals surface area contributed by atoms with Gasteiger partial charge in [0.2, 0.25) is 5.91 Å². The number of carbonyl (C=O) groups is 1. The molecule has 0 aromatic rings. The second-order valence-corrected chi connectivity index (χ2v) is 26.4. The van der Waals surface area contributed by atoms with Crippen molar-refractivity contribution in [1.82, 2.24) is 5.32 Å². The van der Waals surface area contributed by atoms with Crippen LogP contribution in [0.2, 0.25) is 0 Å². The van der Waals surface area contributed by atoms with Gasteiger partial charge in [0.25, 0.3) is 0 Å². The molecule has 3 rings (SSSR count). The van der Waals surface area contributed by atoms with Gasteiger partial charge in [-0.15, -0.1) is 0 Å². The number of unbranched alkanes of at least 4 members (excludes halogenated alkanes) is 27. The quantitative estimate of drug-likeness (QED) is 0.0199. The van der Waals surface area contributed by atoms with Crippen molar-refractivity contribution in [3.8, 4) is 0 Å². The van der Waals surface area contributed by atoms with E-state index in [2.05, 4.69) is 104 Å². The molecule has 0 saturated carbocycles. The van der Waals surface area contributed by atoms with Crippen LogP contribution in [0.25, 0.3) is 0 Å². The Balaban J connectivity index is 1.44. The van der Waals surface area contributed by atoms with Crippen molar-refractivity contribution in [3.63, 3.8) is 0 Å². The third-order valence-electron chi connectivity index (χ3n) is 18.1. The predicted octanol–water partition coefficient (Wildman–Crippen LogP) is 11.2. The maximum atomic E-state index is 13.4. The zero-order valence-corrected chi connectivity index (χ0v) is 58.8. The van der Waals surface area contributed by atoms with Crippen molar-refractivity contribution < 1.29 is 89.4 Å². The molecule has 96 heavy (non-hydrogen) atoms. The number of amides is 1. The third-order valence-corrected chi connectivity index (χ3v) is 18.1. The molecule has 0 radical (unpaired) electrons. The molecule has 3 saturated heterocycles. The lowest BCUT2D eigenvalue weighted by atomic mass is 9.96. The standard InChI is InChI=1S/C77H133NO18/c1-3-5-7-9-11-13-15-17-19-21-23-25-27-28-29-30-31-33-34-36-38-40-42-44-46-48-50-52-54-61(82)60(78-65(83)55-53-51-49-47-45-43-41-39-37-35-32-26-24-22-20-18-16-14-12-10-8-6-4-2)59-91-75-71(89)68(86)73(63(57-80)93-75)96-77-72(90)69(87)74(64(58-81)94-77)95-76-70(88)67(85)66(84)62(56-79)92-76/h6,8,12,14,18,20,24,26,35,37,41,43-44,46,52,54,60-64,66-77,79-82,84-90H,3-5,7,9-11,13,15-17,19,21-23,25,27-34,36,38-40,42,45,47-51,53,55-59H2,1-2H3,(H,78,83)/b8-6-,14-12-,20-18-,26-24-,37-35-,43-41-,46-44+,54-52+. The summed E-state index contributed by atoms with van der Waals surface area (Å²) in [5.74, 6) is -0.312. The first-order valence-electron chi connectivity index (χ1n) is 37.5. The van der Waals surface area contributed by atoms with Gasteiger partial charge in [0.05, 0.1) is 38.6 Å². The number of aliphatic hydroxyl groups excluding tert-OH is 11. The highest BCUT2D eigenvalue weighted by atomic mass is 16.8. The number of aliphatic hydroxyl groups is 11. The maximum Gasteiger partial charge on any atom is 0.220 e.